The number of hydrogen-bond donors (Lipinski definition) is 4. The van der Waals surface area contributed by atoms with Gasteiger partial charge in [-0.05, 0) is 12.8 Å². The van der Waals surface area contributed by atoms with E-state index in [4.69, 9.17) is 23.5 Å². The first kappa shape index (κ1) is 40.1. The highest BCUT2D eigenvalue weighted by molar-refractivity contribution is 7.80. The van der Waals surface area contributed by atoms with Gasteiger partial charge in [0.1, 0.15) is 30.5 Å². The maximum absolute atomic E-state index is 12.6. The number of unbranched alkanes of at least 4 members (excludes halogenated alkanes) is 14. The lowest BCUT2D eigenvalue weighted by Gasteiger charge is -2.41. The third kappa shape index (κ3) is 19.3. The molecule has 0 aromatic heterocycles. The molecule has 1 aliphatic heterocycles. The number of carbonyl (C=O) groups is 1. The third-order valence-corrected chi connectivity index (χ3v) is 7.94. The molecule has 6 atom stereocenters. The first-order chi connectivity index (χ1) is 20.6. The van der Waals surface area contributed by atoms with Crippen molar-refractivity contribution in [1.82, 2.24) is 0 Å². The predicted molar refractivity (Wildman–Crippen MR) is 161 cm³/mol. The van der Waals surface area contributed by atoms with Crippen molar-refractivity contribution in [2.45, 2.75) is 160 Å². The van der Waals surface area contributed by atoms with Crippen molar-refractivity contribution in [2.75, 3.05) is 26.4 Å². The van der Waals surface area contributed by atoms with E-state index in [0.717, 1.165) is 38.5 Å². The molecule has 1 aliphatic rings. The molecule has 0 bridgehead atoms. The van der Waals surface area contributed by atoms with E-state index < -0.39 is 59.8 Å². The molecule has 0 aromatic rings. The van der Waals surface area contributed by atoms with Crippen LogP contribution in [0, 0.1) is 0 Å². The summed E-state index contributed by atoms with van der Waals surface area (Å²) in [5, 5.41) is 30.3. The highest BCUT2D eigenvalue weighted by Gasteiger charge is 2.48. The van der Waals surface area contributed by atoms with Gasteiger partial charge >= 0.3 is 16.4 Å². The first-order valence-electron chi connectivity index (χ1n) is 16.3. The lowest BCUT2D eigenvalue weighted by atomic mass is 9.99. The fourth-order valence-electron chi connectivity index (χ4n) is 4.96. The first-order valence-corrected chi connectivity index (χ1v) is 17.7. The van der Waals surface area contributed by atoms with Crippen LogP contribution in [-0.4, -0.2) is 97.5 Å². The Hall–Kier alpha value is -0.900. The van der Waals surface area contributed by atoms with E-state index in [1.54, 1.807) is 0 Å². The van der Waals surface area contributed by atoms with Crippen molar-refractivity contribution < 1.29 is 56.2 Å². The molecule has 1 rings (SSSR count). The number of rotatable bonds is 27. The molecule has 0 amide bonds. The summed E-state index contributed by atoms with van der Waals surface area (Å²) in [6, 6.07) is 0. The van der Waals surface area contributed by atoms with Gasteiger partial charge in [-0.3, -0.25) is 9.35 Å². The van der Waals surface area contributed by atoms with Crippen molar-refractivity contribution in [1.29, 1.82) is 0 Å². The third-order valence-electron chi connectivity index (χ3n) is 7.48. The minimum atomic E-state index is -5.04. The molecule has 0 spiro atoms. The Bertz CT molecular complexity index is 796. The van der Waals surface area contributed by atoms with E-state index >= 15 is 0 Å². The summed E-state index contributed by atoms with van der Waals surface area (Å²) in [5.74, 6) is -0.405. The van der Waals surface area contributed by atoms with Gasteiger partial charge in [0.05, 0.1) is 19.8 Å². The van der Waals surface area contributed by atoms with Crippen LogP contribution in [0.1, 0.15) is 123 Å². The molecule has 12 nitrogen and oxygen atoms in total. The van der Waals surface area contributed by atoms with Crippen LogP contribution in [0.4, 0.5) is 0 Å². The summed E-state index contributed by atoms with van der Waals surface area (Å²) in [6.07, 6.45) is 8.98. The van der Waals surface area contributed by atoms with E-state index in [0.29, 0.717) is 13.0 Å². The zero-order chi connectivity index (χ0) is 31.9. The number of ether oxygens (including phenoxy) is 4. The highest BCUT2D eigenvalue weighted by Crippen LogP contribution is 2.26. The molecule has 0 saturated carbocycles. The fraction of sp³-hybridized carbons (Fsp3) is 0.967. The maximum atomic E-state index is 12.6. The second-order valence-corrected chi connectivity index (χ2v) is 12.5. The van der Waals surface area contributed by atoms with E-state index in [-0.39, 0.29) is 19.6 Å². The zero-order valence-electron chi connectivity index (χ0n) is 26.3. The quantitative estimate of drug-likeness (QED) is 0.0570. The summed E-state index contributed by atoms with van der Waals surface area (Å²) in [7, 11) is -5.04. The highest BCUT2D eigenvalue weighted by atomic mass is 32.3. The molecule has 0 aliphatic carbocycles. The number of carbonyl (C=O) groups excluding carboxylic acids is 1. The topological polar surface area (TPSA) is 178 Å². The summed E-state index contributed by atoms with van der Waals surface area (Å²) >= 11 is 0. The van der Waals surface area contributed by atoms with Crippen molar-refractivity contribution in [2.24, 2.45) is 0 Å². The molecule has 43 heavy (non-hydrogen) atoms. The Labute approximate surface area is 258 Å². The lowest BCUT2D eigenvalue weighted by Crippen LogP contribution is -2.60. The molecule has 0 aromatic carbocycles. The Morgan fingerprint density at radius 3 is 1.86 bits per heavy atom. The van der Waals surface area contributed by atoms with Gasteiger partial charge in [0.2, 0.25) is 0 Å². The molecule has 6 unspecified atom stereocenters. The van der Waals surface area contributed by atoms with Crippen LogP contribution in [0.15, 0.2) is 0 Å². The number of aliphatic hydroxyl groups excluding tert-OH is 3. The summed E-state index contributed by atoms with van der Waals surface area (Å²) in [4.78, 5) is 12.6. The molecule has 0 radical (unpaired) electrons. The monoisotopic (exact) mass is 642 g/mol. The van der Waals surface area contributed by atoms with Gasteiger partial charge in [0.25, 0.3) is 0 Å². The van der Waals surface area contributed by atoms with Gasteiger partial charge < -0.3 is 34.3 Å². The number of aliphatic hydroxyl groups is 3. The van der Waals surface area contributed by atoms with Crippen molar-refractivity contribution >= 4 is 16.4 Å². The van der Waals surface area contributed by atoms with Crippen molar-refractivity contribution in [3.63, 3.8) is 0 Å². The second-order valence-electron chi connectivity index (χ2n) is 11.4. The lowest BCUT2D eigenvalue weighted by molar-refractivity contribution is -0.301. The number of esters is 1. The predicted octanol–water partition coefficient (Wildman–Crippen LogP) is 4.23. The van der Waals surface area contributed by atoms with Crippen LogP contribution in [0.3, 0.4) is 0 Å². The average Bonchev–Trinajstić information content (AvgIpc) is 2.96. The minimum absolute atomic E-state index is 0.0408. The van der Waals surface area contributed by atoms with Gasteiger partial charge in [-0.25, -0.2) is 4.18 Å². The van der Waals surface area contributed by atoms with E-state index in [1.165, 1.54) is 57.8 Å². The van der Waals surface area contributed by atoms with Crippen molar-refractivity contribution in [3.05, 3.63) is 0 Å². The largest absolute Gasteiger partial charge is 0.457 e. The average molecular weight is 643 g/mol. The molecule has 1 fully saturated rings. The molecule has 1 saturated heterocycles. The minimum Gasteiger partial charge on any atom is -0.457 e. The van der Waals surface area contributed by atoms with Crippen LogP contribution in [0.5, 0.6) is 0 Å². The van der Waals surface area contributed by atoms with Crippen molar-refractivity contribution in [3.8, 4) is 0 Å². The Balaban J connectivity index is 2.60. The smallest absolute Gasteiger partial charge is 0.397 e. The molecule has 13 heteroatoms. The van der Waals surface area contributed by atoms with Gasteiger partial charge in [-0.15, -0.1) is 0 Å². The fourth-order valence-corrected chi connectivity index (χ4v) is 5.47. The Morgan fingerprint density at radius 2 is 1.33 bits per heavy atom. The molecule has 1 heterocycles. The number of hydrogen-bond acceptors (Lipinski definition) is 11. The van der Waals surface area contributed by atoms with Crippen LogP contribution < -0.4 is 0 Å². The van der Waals surface area contributed by atoms with Crippen LogP contribution >= 0.6 is 0 Å². The van der Waals surface area contributed by atoms with Gasteiger partial charge in [0.15, 0.2) is 6.29 Å². The summed E-state index contributed by atoms with van der Waals surface area (Å²) < 4.78 is 58.3. The van der Waals surface area contributed by atoms with Gasteiger partial charge in [0, 0.05) is 13.0 Å². The van der Waals surface area contributed by atoms with E-state index in [1.807, 2.05) is 0 Å². The zero-order valence-corrected chi connectivity index (χ0v) is 27.1. The van der Waals surface area contributed by atoms with Crippen LogP contribution in [0.25, 0.3) is 0 Å². The standard InChI is InChI=1S/C30H58O12S/c1-3-5-7-9-11-12-13-15-17-19-26(32)40-24(22-38-20-18-16-14-10-8-6-4-2)23-39-30-28(34)29(42-43(35,36)37)27(33)25(21-31)41-30/h24-25,27-31,33-34H,3-23H2,1-2H3,(H,35,36,37). The SMILES string of the molecule is CCCCCCCCCCCC(=O)OC(COCCCCCCCCC)COC1OC(CO)C(O)C(OS(=O)(=O)O)C1O. The van der Waals surface area contributed by atoms with E-state index in [2.05, 4.69) is 18.0 Å². The van der Waals surface area contributed by atoms with Gasteiger partial charge in [-0.1, -0.05) is 104 Å². The second kappa shape index (κ2) is 24.3. The molecule has 4 N–H and O–H groups in total. The summed E-state index contributed by atoms with van der Waals surface area (Å²) in [6.45, 7) is 3.89. The summed E-state index contributed by atoms with van der Waals surface area (Å²) in [5.41, 5.74) is 0. The maximum Gasteiger partial charge on any atom is 0.397 e. The Morgan fingerprint density at radius 1 is 0.791 bits per heavy atom. The molecular formula is C30H58O12S. The Kier molecular flexibility index (Phi) is 22.7. The normalized spacial score (nSPS) is 23.3. The van der Waals surface area contributed by atoms with Gasteiger partial charge in [-0.2, -0.15) is 8.42 Å². The van der Waals surface area contributed by atoms with Crippen LogP contribution in [-0.2, 0) is 38.3 Å². The molecule has 256 valence electrons. The van der Waals surface area contributed by atoms with Crippen LogP contribution in [0.2, 0.25) is 0 Å². The molecular weight excluding hydrogens is 584 g/mol. The van der Waals surface area contributed by atoms with E-state index in [9.17, 15) is 28.5 Å².